The van der Waals surface area contributed by atoms with E-state index in [-0.39, 0.29) is 0 Å². The lowest BCUT2D eigenvalue weighted by atomic mass is 10.3. The van der Waals surface area contributed by atoms with Crippen LogP contribution in [0.4, 0.5) is 0 Å². The van der Waals surface area contributed by atoms with Crippen molar-refractivity contribution >= 4 is 0 Å². The maximum atomic E-state index is 9.49. The molecule has 0 aromatic carbocycles. The second-order valence-corrected chi connectivity index (χ2v) is 3.43. The van der Waals surface area contributed by atoms with E-state index >= 15 is 0 Å². The summed E-state index contributed by atoms with van der Waals surface area (Å²) in [4.78, 5) is 1.42. The highest BCUT2D eigenvalue weighted by Gasteiger charge is 2.08. The topological polar surface area (TPSA) is 68.8 Å². The maximum absolute atomic E-state index is 9.49. The molecule has 1 N–H and O–H groups in total. The first-order valence-corrected chi connectivity index (χ1v) is 4.73. The zero-order valence-corrected chi connectivity index (χ0v) is 8.70. The highest BCUT2D eigenvalue weighted by molar-refractivity contribution is 5.10. The van der Waals surface area contributed by atoms with Gasteiger partial charge in [0.05, 0.1) is 19.7 Å². The average Bonchev–Trinajstić information content (AvgIpc) is 2.75. The summed E-state index contributed by atoms with van der Waals surface area (Å²) in [7, 11) is 1.72. The summed E-state index contributed by atoms with van der Waals surface area (Å²) in [6.45, 7) is 2.26. The Labute approximate surface area is 87.1 Å². The molecule has 0 amide bonds. The lowest BCUT2D eigenvalue weighted by molar-refractivity contribution is 0.189. The summed E-state index contributed by atoms with van der Waals surface area (Å²) in [6, 6.07) is 3.76. The van der Waals surface area contributed by atoms with Crippen LogP contribution in [0.3, 0.4) is 0 Å². The van der Waals surface area contributed by atoms with Crippen LogP contribution < -0.4 is 0 Å². The third-order valence-electron chi connectivity index (χ3n) is 2.15. The number of hydrogen-bond donors (Lipinski definition) is 1. The van der Waals surface area contributed by atoms with Gasteiger partial charge in [-0.15, -0.1) is 10.2 Å². The van der Waals surface area contributed by atoms with Crippen molar-refractivity contribution in [3.8, 4) is 0 Å². The van der Waals surface area contributed by atoms with Crippen LogP contribution in [0.25, 0.3) is 0 Å². The third kappa shape index (κ3) is 2.04. The summed E-state index contributed by atoms with van der Waals surface area (Å²) < 4.78 is 1.90. The smallest absolute Gasteiger partial charge is 0.194 e. The van der Waals surface area contributed by atoms with Gasteiger partial charge < -0.3 is 9.67 Å². The van der Waals surface area contributed by atoms with Crippen LogP contribution in [0.2, 0.25) is 0 Å². The Morgan fingerprint density at radius 1 is 1.53 bits per heavy atom. The number of aliphatic hydroxyl groups excluding tert-OH is 1. The Hall–Kier alpha value is -1.69. The van der Waals surface area contributed by atoms with Crippen molar-refractivity contribution < 1.29 is 5.11 Å². The molecule has 1 unspecified atom stereocenters. The summed E-state index contributed by atoms with van der Waals surface area (Å²) in [5.74, 6) is 0.635. The largest absolute Gasteiger partial charge is 0.387 e. The molecule has 2 aromatic rings. The fraction of sp³-hybridized carbons (Fsp3) is 0.444. The summed E-state index contributed by atoms with van der Waals surface area (Å²) in [5, 5.41) is 21.2. The fourth-order valence-electron chi connectivity index (χ4n) is 1.49. The van der Waals surface area contributed by atoms with Gasteiger partial charge in [0.25, 0.3) is 0 Å². The third-order valence-corrected chi connectivity index (χ3v) is 2.15. The summed E-state index contributed by atoms with van der Waals surface area (Å²) in [5.41, 5.74) is 0.849. The van der Waals surface area contributed by atoms with Crippen molar-refractivity contribution in [2.75, 3.05) is 0 Å². The fourth-order valence-corrected chi connectivity index (χ4v) is 1.49. The molecule has 0 fully saturated rings. The number of aliphatic hydroxyl groups is 1. The molecule has 15 heavy (non-hydrogen) atoms. The number of aryl methyl sites for hydroxylation is 1. The van der Waals surface area contributed by atoms with E-state index in [0.29, 0.717) is 12.4 Å². The van der Waals surface area contributed by atoms with Gasteiger partial charge in [-0.3, -0.25) is 0 Å². The number of aromatic nitrogens is 5. The van der Waals surface area contributed by atoms with Gasteiger partial charge in [0.15, 0.2) is 5.82 Å². The van der Waals surface area contributed by atoms with Crippen LogP contribution in [-0.4, -0.2) is 29.9 Å². The van der Waals surface area contributed by atoms with Crippen LogP contribution in [0, 0.1) is 0 Å². The minimum absolute atomic E-state index is 0.489. The molecule has 0 bridgehead atoms. The maximum Gasteiger partial charge on any atom is 0.194 e. The molecule has 6 nitrogen and oxygen atoms in total. The van der Waals surface area contributed by atoms with Crippen molar-refractivity contribution in [3.05, 3.63) is 29.8 Å². The Morgan fingerprint density at radius 2 is 2.33 bits per heavy atom. The first kappa shape index (κ1) is 9.85. The van der Waals surface area contributed by atoms with Gasteiger partial charge in [-0.05, 0) is 24.3 Å². The molecule has 80 valence electrons. The molecule has 0 aliphatic carbocycles. The molecule has 0 aliphatic rings. The molecule has 2 aromatic heterocycles. The predicted octanol–water partition coefficient (Wildman–Crippen LogP) is 0.113. The Morgan fingerprint density at radius 3 is 2.93 bits per heavy atom. The normalized spacial score (nSPS) is 13.0. The van der Waals surface area contributed by atoms with E-state index in [0.717, 1.165) is 5.69 Å². The van der Waals surface area contributed by atoms with E-state index in [9.17, 15) is 5.11 Å². The second-order valence-electron chi connectivity index (χ2n) is 3.43. The van der Waals surface area contributed by atoms with Gasteiger partial charge in [0, 0.05) is 11.9 Å². The SMILES string of the molecule is CC(O)c1cccn1Cc1nnn(C)n1. The molecule has 0 saturated heterocycles. The molecule has 6 heteroatoms. The Kier molecular flexibility index (Phi) is 2.51. The molecule has 0 radical (unpaired) electrons. The van der Waals surface area contributed by atoms with E-state index in [2.05, 4.69) is 15.4 Å². The molecule has 1 atom stereocenters. The number of nitrogens with zero attached hydrogens (tertiary/aromatic N) is 5. The van der Waals surface area contributed by atoms with Crippen molar-refractivity contribution in [1.29, 1.82) is 0 Å². The summed E-state index contributed by atoms with van der Waals surface area (Å²) in [6.07, 6.45) is 1.40. The molecule has 2 rings (SSSR count). The average molecular weight is 207 g/mol. The second kappa shape index (κ2) is 3.82. The standard InChI is InChI=1S/C9H13N5O/c1-7(15)8-4-3-5-14(8)6-9-10-12-13(2)11-9/h3-5,7,15H,6H2,1-2H3. The number of tetrazole rings is 1. The van der Waals surface area contributed by atoms with E-state index < -0.39 is 6.10 Å². The number of hydrogen-bond acceptors (Lipinski definition) is 4. The van der Waals surface area contributed by atoms with E-state index in [1.165, 1.54) is 4.80 Å². The Bertz CT molecular complexity index is 445. The monoisotopic (exact) mass is 207 g/mol. The van der Waals surface area contributed by atoms with E-state index in [4.69, 9.17) is 0 Å². The Balaban J connectivity index is 2.20. The van der Waals surface area contributed by atoms with Crippen LogP contribution >= 0.6 is 0 Å². The van der Waals surface area contributed by atoms with E-state index in [1.807, 2.05) is 22.9 Å². The van der Waals surface area contributed by atoms with Crippen LogP contribution in [-0.2, 0) is 13.6 Å². The molecule has 2 heterocycles. The van der Waals surface area contributed by atoms with Gasteiger partial charge in [0.1, 0.15) is 0 Å². The van der Waals surface area contributed by atoms with Gasteiger partial charge in [-0.2, -0.15) is 4.80 Å². The minimum atomic E-state index is -0.489. The minimum Gasteiger partial charge on any atom is -0.387 e. The number of rotatable bonds is 3. The van der Waals surface area contributed by atoms with Gasteiger partial charge >= 0.3 is 0 Å². The zero-order valence-electron chi connectivity index (χ0n) is 8.70. The molecular weight excluding hydrogens is 194 g/mol. The molecule has 0 spiro atoms. The van der Waals surface area contributed by atoms with Crippen LogP contribution in [0.15, 0.2) is 18.3 Å². The zero-order chi connectivity index (χ0) is 10.8. The van der Waals surface area contributed by atoms with Crippen LogP contribution in [0.5, 0.6) is 0 Å². The van der Waals surface area contributed by atoms with Crippen LogP contribution in [0.1, 0.15) is 24.5 Å². The lowest BCUT2D eigenvalue weighted by Crippen LogP contribution is -2.07. The highest BCUT2D eigenvalue weighted by Crippen LogP contribution is 2.13. The lowest BCUT2D eigenvalue weighted by Gasteiger charge is -2.08. The predicted molar refractivity (Wildman–Crippen MR) is 53.0 cm³/mol. The van der Waals surface area contributed by atoms with Crippen molar-refractivity contribution in [3.63, 3.8) is 0 Å². The van der Waals surface area contributed by atoms with Gasteiger partial charge in [0.2, 0.25) is 0 Å². The van der Waals surface area contributed by atoms with Crippen molar-refractivity contribution in [1.82, 2.24) is 24.8 Å². The van der Waals surface area contributed by atoms with E-state index in [1.54, 1.807) is 14.0 Å². The first-order valence-electron chi connectivity index (χ1n) is 4.73. The quantitative estimate of drug-likeness (QED) is 0.775. The molecule has 0 aliphatic heterocycles. The van der Waals surface area contributed by atoms with Crippen molar-refractivity contribution in [2.24, 2.45) is 7.05 Å². The van der Waals surface area contributed by atoms with Gasteiger partial charge in [-0.25, -0.2) is 0 Å². The van der Waals surface area contributed by atoms with Gasteiger partial charge in [-0.1, -0.05) is 0 Å². The highest BCUT2D eigenvalue weighted by atomic mass is 16.3. The molecular formula is C9H13N5O. The summed E-state index contributed by atoms with van der Waals surface area (Å²) >= 11 is 0. The van der Waals surface area contributed by atoms with Crippen molar-refractivity contribution in [2.45, 2.75) is 19.6 Å². The first-order chi connectivity index (χ1) is 7.16. The molecule has 0 saturated carbocycles.